The molecule has 25 heavy (non-hydrogen) atoms. The summed E-state index contributed by atoms with van der Waals surface area (Å²) in [6.07, 6.45) is 4.26. The Morgan fingerprint density at radius 1 is 1.04 bits per heavy atom. The number of hydrogen-bond acceptors (Lipinski definition) is 2. The molecule has 0 aliphatic rings. The van der Waals surface area contributed by atoms with Crippen LogP contribution in [0.5, 0.6) is 11.5 Å². The van der Waals surface area contributed by atoms with Crippen molar-refractivity contribution >= 4 is 22.4 Å². The van der Waals surface area contributed by atoms with Gasteiger partial charge in [-0.3, -0.25) is 0 Å². The minimum absolute atomic E-state index is 0.300. The number of aryl methyl sites for hydroxylation is 1. The van der Waals surface area contributed by atoms with Gasteiger partial charge in [0.05, 0.1) is 13.2 Å². The smallest absolute Gasteiger partial charge is 0.122 e. The van der Waals surface area contributed by atoms with Crippen LogP contribution in [0.2, 0.25) is 0 Å². The zero-order valence-electron chi connectivity index (χ0n) is 16.0. The van der Waals surface area contributed by atoms with Gasteiger partial charge in [0.2, 0.25) is 0 Å². The third-order valence-corrected chi connectivity index (χ3v) is 4.93. The second-order valence-electron chi connectivity index (χ2n) is 7.13. The fraction of sp³-hybridized carbons (Fsp3) is 0.545. The van der Waals surface area contributed by atoms with E-state index in [4.69, 9.17) is 21.1 Å². The zero-order chi connectivity index (χ0) is 18.2. The molecule has 1 atom stereocenters. The van der Waals surface area contributed by atoms with Gasteiger partial charge in [-0.2, -0.15) is 0 Å². The topological polar surface area (TPSA) is 18.5 Å². The molecule has 0 bridgehead atoms. The molecule has 2 rings (SSSR count). The van der Waals surface area contributed by atoms with Crippen molar-refractivity contribution in [2.24, 2.45) is 5.92 Å². The number of alkyl halides is 1. The maximum absolute atomic E-state index is 6.15. The largest absolute Gasteiger partial charge is 0.493 e. The summed E-state index contributed by atoms with van der Waals surface area (Å²) >= 11 is 6.15. The van der Waals surface area contributed by atoms with Gasteiger partial charge in [0, 0.05) is 5.38 Å². The molecule has 0 saturated carbocycles. The van der Waals surface area contributed by atoms with Crippen molar-refractivity contribution in [1.82, 2.24) is 0 Å². The molecule has 0 N–H and O–H groups in total. The van der Waals surface area contributed by atoms with Gasteiger partial charge in [-0.1, -0.05) is 32.9 Å². The molecule has 2 nitrogen and oxygen atoms in total. The molecule has 0 aliphatic carbocycles. The van der Waals surface area contributed by atoms with E-state index in [-0.39, 0.29) is 0 Å². The van der Waals surface area contributed by atoms with Gasteiger partial charge in [-0.15, -0.1) is 11.6 Å². The van der Waals surface area contributed by atoms with Crippen molar-refractivity contribution in [3.63, 3.8) is 0 Å². The third-order valence-electron chi connectivity index (χ3n) is 4.41. The van der Waals surface area contributed by atoms with E-state index in [2.05, 4.69) is 52.0 Å². The van der Waals surface area contributed by atoms with Gasteiger partial charge in [0.1, 0.15) is 11.5 Å². The lowest BCUT2D eigenvalue weighted by Gasteiger charge is -2.13. The van der Waals surface area contributed by atoms with Crippen LogP contribution in [0.15, 0.2) is 30.3 Å². The van der Waals surface area contributed by atoms with Crippen LogP contribution in [0.4, 0.5) is 0 Å². The maximum atomic E-state index is 6.15. The zero-order valence-corrected chi connectivity index (χ0v) is 16.7. The first kappa shape index (κ1) is 19.9. The molecule has 0 aromatic heterocycles. The van der Waals surface area contributed by atoms with Crippen molar-refractivity contribution in [3.8, 4) is 11.5 Å². The number of benzene rings is 2. The van der Waals surface area contributed by atoms with E-state index >= 15 is 0 Å². The average Bonchev–Trinajstić information content (AvgIpc) is 2.61. The number of ether oxygens (including phenoxy) is 2. The molecule has 3 heteroatoms. The highest BCUT2D eigenvalue weighted by atomic mass is 35.5. The highest BCUT2D eigenvalue weighted by Gasteiger charge is 2.07. The Labute approximate surface area is 157 Å². The molecule has 2 aromatic carbocycles. The monoisotopic (exact) mass is 362 g/mol. The number of fused-ring (bicyclic) bond motifs is 1. The second kappa shape index (κ2) is 9.91. The minimum atomic E-state index is 0.300. The summed E-state index contributed by atoms with van der Waals surface area (Å²) < 4.78 is 11.8. The van der Waals surface area contributed by atoms with Crippen molar-refractivity contribution < 1.29 is 9.47 Å². The van der Waals surface area contributed by atoms with E-state index in [0.717, 1.165) is 50.4 Å². The molecular formula is C22H31ClO2. The first-order valence-electron chi connectivity index (χ1n) is 9.44. The van der Waals surface area contributed by atoms with E-state index in [1.165, 1.54) is 16.3 Å². The summed E-state index contributed by atoms with van der Waals surface area (Å²) in [6.45, 7) is 10.1. The van der Waals surface area contributed by atoms with Crippen molar-refractivity contribution in [2.45, 2.75) is 58.8 Å². The predicted molar refractivity (Wildman–Crippen MR) is 108 cm³/mol. The second-order valence-corrected chi connectivity index (χ2v) is 7.74. The van der Waals surface area contributed by atoms with Gasteiger partial charge in [-0.05, 0) is 73.1 Å². The standard InChI is InChI=1S/C22H31ClO2/c1-5-19(23)8-6-7-13-24-22-12-9-18-14-20(25-15-16(2)3)10-11-21(18)17(22)4/h9-12,14,16,19H,5-8,13,15H2,1-4H3. The number of hydrogen-bond donors (Lipinski definition) is 0. The maximum Gasteiger partial charge on any atom is 0.122 e. The molecule has 0 aliphatic heterocycles. The molecule has 0 amide bonds. The van der Waals surface area contributed by atoms with Gasteiger partial charge in [0.15, 0.2) is 0 Å². The third kappa shape index (κ3) is 6.11. The summed E-state index contributed by atoms with van der Waals surface area (Å²) in [5, 5.41) is 2.72. The molecular weight excluding hydrogens is 332 g/mol. The summed E-state index contributed by atoms with van der Waals surface area (Å²) in [5.41, 5.74) is 1.19. The first-order valence-corrected chi connectivity index (χ1v) is 9.88. The lowest BCUT2D eigenvalue weighted by Crippen LogP contribution is -2.04. The van der Waals surface area contributed by atoms with E-state index in [9.17, 15) is 0 Å². The normalized spacial score (nSPS) is 12.6. The quantitative estimate of drug-likeness (QED) is 0.343. The summed E-state index contributed by atoms with van der Waals surface area (Å²) in [7, 11) is 0. The van der Waals surface area contributed by atoms with Gasteiger partial charge < -0.3 is 9.47 Å². The van der Waals surface area contributed by atoms with Crippen LogP contribution in [0.1, 0.15) is 52.0 Å². The molecule has 2 aromatic rings. The molecule has 0 radical (unpaired) electrons. The Bertz CT molecular complexity index is 666. The Morgan fingerprint density at radius 2 is 1.84 bits per heavy atom. The van der Waals surface area contributed by atoms with E-state index in [1.54, 1.807) is 0 Å². The summed E-state index contributed by atoms with van der Waals surface area (Å²) in [5.74, 6) is 2.43. The predicted octanol–water partition coefficient (Wildman–Crippen LogP) is 6.75. The number of rotatable bonds is 10. The van der Waals surface area contributed by atoms with Crippen LogP contribution in [-0.4, -0.2) is 18.6 Å². The Hall–Kier alpha value is -1.41. The average molecular weight is 363 g/mol. The molecule has 138 valence electrons. The fourth-order valence-electron chi connectivity index (χ4n) is 2.81. The van der Waals surface area contributed by atoms with E-state index < -0.39 is 0 Å². The summed E-state index contributed by atoms with van der Waals surface area (Å²) in [4.78, 5) is 0. The Kier molecular flexibility index (Phi) is 7.90. The molecule has 0 spiro atoms. The van der Waals surface area contributed by atoms with Crippen LogP contribution >= 0.6 is 11.6 Å². The van der Waals surface area contributed by atoms with Crippen LogP contribution in [0.25, 0.3) is 10.8 Å². The Morgan fingerprint density at radius 3 is 2.56 bits per heavy atom. The van der Waals surface area contributed by atoms with Crippen LogP contribution in [0.3, 0.4) is 0 Å². The molecule has 1 unspecified atom stereocenters. The van der Waals surface area contributed by atoms with Gasteiger partial charge in [0.25, 0.3) is 0 Å². The lowest BCUT2D eigenvalue weighted by molar-refractivity contribution is 0.271. The minimum Gasteiger partial charge on any atom is -0.493 e. The Balaban J connectivity index is 1.95. The number of unbranched alkanes of at least 4 members (excludes halogenated alkanes) is 1. The molecule has 0 saturated heterocycles. The van der Waals surface area contributed by atoms with Crippen molar-refractivity contribution in [1.29, 1.82) is 0 Å². The lowest BCUT2D eigenvalue weighted by atomic mass is 10.0. The summed E-state index contributed by atoms with van der Waals surface area (Å²) in [6, 6.07) is 10.5. The van der Waals surface area contributed by atoms with E-state index in [1.807, 2.05) is 6.07 Å². The van der Waals surface area contributed by atoms with Gasteiger partial charge >= 0.3 is 0 Å². The first-order chi connectivity index (χ1) is 12.0. The SMILES string of the molecule is CCC(Cl)CCCCOc1ccc2cc(OCC(C)C)ccc2c1C. The van der Waals surface area contributed by atoms with Crippen LogP contribution in [0, 0.1) is 12.8 Å². The van der Waals surface area contributed by atoms with Crippen molar-refractivity contribution in [2.75, 3.05) is 13.2 Å². The van der Waals surface area contributed by atoms with Crippen LogP contribution < -0.4 is 9.47 Å². The fourth-order valence-corrected chi connectivity index (χ4v) is 2.96. The van der Waals surface area contributed by atoms with Crippen molar-refractivity contribution in [3.05, 3.63) is 35.9 Å². The highest BCUT2D eigenvalue weighted by Crippen LogP contribution is 2.30. The van der Waals surface area contributed by atoms with E-state index in [0.29, 0.717) is 11.3 Å². The highest BCUT2D eigenvalue weighted by molar-refractivity contribution is 6.20. The molecule has 0 heterocycles. The number of halogens is 1. The molecule has 0 fully saturated rings. The van der Waals surface area contributed by atoms with Crippen LogP contribution in [-0.2, 0) is 0 Å². The van der Waals surface area contributed by atoms with Gasteiger partial charge in [-0.25, -0.2) is 0 Å².